The number of piperazine rings is 1. The molecule has 1 aromatic rings. The van der Waals surface area contributed by atoms with Gasteiger partial charge in [0.2, 0.25) is 0 Å². The molecule has 2 N–H and O–H groups in total. The van der Waals surface area contributed by atoms with Crippen molar-refractivity contribution in [1.82, 2.24) is 10.2 Å². The van der Waals surface area contributed by atoms with Crippen molar-refractivity contribution in [2.45, 2.75) is 6.42 Å². The van der Waals surface area contributed by atoms with Gasteiger partial charge in [-0.15, -0.1) is 0 Å². The van der Waals surface area contributed by atoms with E-state index >= 15 is 0 Å². The summed E-state index contributed by atoms with van der Waals surface area (Å²) in [6.07, 6.45) is 7.83. The highest BCUT2D eigenvalue weighted by Crippen LogP contribution is 2.00. The van der Waals surface area contributed by atoms with Gasteiger partial charge < -0.3 is 15.1 Å². The number of hydrogen-bond acceptors (Lipinski definition) is 2. The Kier molecular flexibility index (Phi) is 8.50. The second kappa shape index (κ2) is 10.7. The van der Waals surface area contributed by atoms with Crippen molar-refractivity contribution < 1.29 is 4.90 Å². The molecule has 0 bridgehead atoms. The minimum absolute atomic E-state index is 0.935. The summed E-state index contributed by atoms with van der Waals surface area (Å²) in [4.78, 5) is 3.96. The highest BCUT2D eigenvalue weighted by Gasteiger charge is 2.20. The number of thiocarbonyl (C=S) groups is 1. The van der Waals surface area contributed by atoms with Crippen molar-refractivity contribution in [3.63, 3.8) is 0 Å². The lowest BCUT2D eigenvalue weighted by Crippen LogP contribution is -3.14. The van der Waals surface area contributed by atoms with Crippen LogP contribution in [-0.4, -0.2) is 61.3 Å². The Morgan fingerprint density at radius 1 is 1.30 bits per heavy atom. The van der Waals surface area contributed by atoms with Gasteiger partial charge >= 0.3 is 0 Å². The summed E-state index contributed by atoms with van der Waals surface area (Å²) in [6.45, 7) is 6.52. The average molecular weight is 351 g/mol. The normalized spacial score (nSPS) is 16.0. The van der Waals surface area contributed by atoms with Crippen LogP contribution in [0.2, 0.25) is 0 Å². The summed E-state index contributed by atoms with van der Waals surface area (Å²) >= 11 is 7.39. The summed E-state index contributed by atoms with van der Waals surface area (Å²) in [7, 11) is 0. The zero-order chi connectivity index (χ0) is 16.3. The smallest absolute Gasteiger partial charge is 0.169 e. The van der Waals surface area contributed by atoms with Gasteiger partial charge in [0.25, 0.3) is 0 Å². The first-order valence-electron chi connectivity index (χ1n) is 8.36. The Morgan fingerprint density at radius 3 is 2.74 bits per heavy atom. The molecule has 0 atom stereocenters. The van der Waals surface area contributed by atoms with Crippen molar-refractivity contribution in [3.8, 4) is 0 Å². The number of rotatable bonds is 7. The van der Waals surface area contributed by atoms with Gasteiger partial charge in [-0.05, 0) is 42.3 Å². The maximum absolute atomic E-state index is 5.50. The third-order valence-corrected chi connectivity index (χ3v) is 5.18. The molecule has 1 saturated heterocycles. The lowest BCUT2D eigenvalue weighted by atomic mass is 10.2. The molecule has 5 heteroatoms. The Morgan fingerprint density at radius 2 is 2.04 bits per heavy atom. The summed E-state index contributed by atoms with van der Waals surface area (Å²) in [5.41, 5.74) is 1.28. The van der Waals surface area contributed by atoms with Crippen molar-refractivity contribution in [3.05, 3.63) is 42.0 Å². The van der Waals surface area contributed by atoms with Gasteiger partial charge in [0.05, 0.1) is 32.7 Å². The molecule has 3 nitrogen and oxygen atoms in total. The molecule has 1 aliphatic rings. The van der Waals surface area contributed by atoms with Crippen LogP contribution in [0, 0.1) is 0 Å². The van der Waals surface area contributed by atoms with Crippen LogP contribution in [0.3, 0.4) is 0 Å². The Bertz CT molecular complexity index is 482. The number of nitrogens with one attached hydrogen (secondary N) is 2. The van der Waals surface area contributed by atoms with E-state index in [0.717, 1.165) is 44.4 Å². The standard InChI is InChI=1S/C18H27N3S2/c1-23-16-6-10-19-18(22)21-14-12-20(13-15-21)11-5-9-17-7-3-2-4-8-17/h2-5,7-9H,6,10-16H2,1H3,(H,19,22)/p+1/b9-5+. The largest absolute Gasteiger partial charge is 0.363 e. The van der Waals surface area contributed by atoms with E-state index in [0.29, 0.717) is 0 Å². The molecule has 0 unspecified atom stereocenters. The topological polar surface area (TPSA) is 19.7 Å². The van der Waals surface area contributed by atoms with Crippen LogP contribution in [0.1, 0.15) is 12.0 Å². The molecule has 0 aromatic heterocycles. The molecule has 0 amide bonds. The van der Waals surface area contributed by atoms with Crippen molar-refractivity contribution in [2.75, 3.05) is 51.3 Å². The van der Waals surface area contributed by atoms with Gasteiger partial charge in [0, 0.05) is 6.54 Å². The van der Waals surface area contributed by atoms with Crippen LogP contribution in [0.25, 0.3) is 6.08 Å². The zero-order valence-corrected chi connectivity index (χ0v) is 15.6. The Hall–Kier alpha value is -1.04. The molecule has 2 rings (SSSR count). The van der Waals surface area contributed by atoms with Gasteiger partial charge in [0.15, 0.2) is 5.11 Å². The molecule has 23 heavy (non-hydrogen) atoms. The molecule has 0 aliphatic carbocycles. The molecule has 0 saturated carbocycles. The van der Waals surface area contributed by atoms with E-state index in [1.807, 2.05) is 11.8 Å². The van der Waals surface area contributed by atoms with Gasteiger partial charge in [-0.3, -0.25) is 0 Å². The van der Waals surface area contributed by atoms with Crippen LogP contribution >= 0.6 is 24.0 Å². The summed E-state index contributed by atoms with van der Waals surface area (Å²) < 4.78 is 0. The Labute approximate surface area is 150 Å². The molecule has 0 spiro atoms. The third-order valence-electron chi connectivity index (χ3n) is 4.08. The molecule has 1 aliphatic heterocycles. The minimum atomic E-state index is 0.935. The molecule has 0 radical (unpaired) electrons. The Balaban J connectivity index is 1.63. The molecular weight excluding hydrogens is 322 g/mol. The predicted octanol–water partition coefficient (Wildman–Crippen LogP) is 1.53. The maximum Gasteiger partial charge on any atom is 0.169 e. The van der Waals surface area contributed by atoms with E-state index in [1.165, 1.54) is 17.7 Å². The van der Waals surface area contributed by atoms with Gasteiger partial charge in [-0.1, -0.05) is 36.4 Å². The van der Waals surface area contributed by atoms with E-state index in [9.17, 15) is 0 Å². The highest BCUT2D eigenvalue weighted by molar-refractivity contribution is 7.98. The van der Waals surface area contributed by atoms with E-state index in [1.54, 1.807) is 4.90 Å². The van der Waals surface area contributed by atoms with E-state index < -0.39 is 0 Å². The molecule has 1 aromatic carbocycles. The van der Waals surface area contributed by atoms with Gasteiger partial charge in [0.1, 0.15) is 0 Å². The second-order valence-corrected chi connectivity index (χ2v) is 7.20. The lowest BCUT2D eigenvalue weighted by molar-refractivity contribution is -0.897. The number of hydrogen-bond donors (Lipinski definition) is 2. The van der Waals surface area contributed by atoms with Crippen molar-refractivity contribution >= 4 is 35.2 Å². The molecular formula is C18H28N3S2+. The predicted molar refractivity (Wildman–Crippen MR) is 106 cm³/mol. The minimum Gasteiger partial charge on any atom is -0.363 e. The highest BCUT2D eigenvalue weighted by atomic mass is 32.2. The van der Waals surface area contributed by atoms with Crippen LogP contribution in [0.4, 0.5) is 0 Å². The molecule has 126 valence electrons. The first-order chi connectivity index (χ1) is 11.3. The summed E-state index contributed by atoms with van der Waals surface area (Å²) in [5, 5.41) is 4.32. The molecule has 1 fully saturated rings. The summed E-state index contributed by atoms with van der Waals surface area (Å²) in [6, 6.07) is 10.5. The van der Waals surface area contributed by atoms with Crippen LogP contribution in [-0.2, 0) is 0 Å². The van der Waals surface area contributed by atoms with Crippen LogP contribution in [0.5, 0.6) is 0 Å². The van der Waals surface area contributed by atoms with Crippen molar-refractivity contribution in [2.24, 2.45) is 0 Å². The average Bonchev–Trinajstić information content (AvgIpc) is 2.60. The van der Waals surface area contributed by atoms with Crippen molar-refractivity contribution in [1.29, 1.82) is 0 Å². The first kappa shape index (κ1) is 18.3. The number of quaternary nitrogens is 1. The van der Waals surface area contributed by atoms with Crippen LogP contribution in [0.15, 0.2) is 36.4 Å². The number of thioether (sulfide) groups is 1. The monoisotopic (exact) mass is 350 g/mol. The number of benzene rings is 1. The van der Waals surface area contributed by atoms with E-state index in [-0.39, 0.29) is 0 Å². The fourth-order valence-electron chi connectivity index (χ4n) is 2.68. The van der Waals surface area contributed by atoms with Gasteiger partial charge in [-0.2, -0.15) is 11.8 Å². The van der Waals surface area contributed by atoms with Crippen LogP contribution < -0.4 is 10.2 Å². The van der Waals surface area contributed by atoms with E-state index in [2.05, 4.69) is 59.0 Å². The molecule has 1 heterocycles. The summed E-state index contributed by atoms with van der Waals surface area (Å²) in [5.74, 6) is 1.20. The maximum atomic E-state index is 5.50. The number of nitrogens with zero attached hydrogens (tertiary/aromatic N) is 1. The van der Waals surface area contributed by atoms with Gasteiger partial charge in [-0.25, -0.2) is 0 Å². The fraction of sp³-hybridized carbons (Fsp3) is 0.500. The first-order valence-corrected chi connectivity index (χ1v) is 10.2. The third kappa shape index (κ3) is 6.94. The quantitative estimate of drug-likeness (QED) is 0.574. The SMILES string of the molecule is CSCCCNC(=S)N1CC[NH+](C/C=C/c2ccccc2)CC1. The second-order valence-electron chi connectivity index (χ2n) is 5.83. The fourth-order valence-corrected chi connectivity index (χ4v) is 3.40. The zero-order valence-electron chi connectivity index (χ0n) is 14.0. The lowest BCUT2D eigenvalue weighted by Gasteiger charge is -2.33. The van der Waals surface area contributed by atoms with E-state index in [4.69, 9.17) is 12.2 Å².